The lowest BCUT2D eigenvalue weighted by molar-refractivity contribution is -0.645. The fourth-order valence-corrected chi connectivity index (χ4v) is 2.00. The van der Waals surface area contributed by atoms with Gasteiger partial charge in [0.1, 0.15) is 0 Å². The average molecular weight is 363 g/mol. The summed E-state index contributed by atoms with van der Waals surface area (Å²) in [6.45, 7) is 0. The highest BCUT2D eigenvalue weighted by Crippen LogP contribution is 2.09. The van der Waals surface area contributed by atoms with Crippen LogP contribution in [-0.4, -0.2) is 10.9 Å². The molecule has 3 aromatic rings. The summed E-state index contributed by atoms with van der Waals surface area (Å²) in [5, 5.41) is 4.50. The lowest BCUT2D eigenvalue weighted by atomic mass is 10.2. The number of aryl methyl sites for hydroxylation is 1. The van der Waals surface area contributed by atoms with Crippen molar-refractivity contribution in [1.82, 2.24) is 4.68 Å². The van der Waals surface area contributed by atoms with Crippen molar-refractivity contribution in [1.29, 1.82) is 0 Å². The van der Waals surface area contributed by atoms with Gasteiger partial charge in [0.25, 0.3) is 6.33 Å². The van der Waals surface area contributed by atoms with E-state index in [2.05, 4.69) is 21.8 Å². The van der Waals surface area contributed by atoms with Crippen LogP contribution in [0, 0.1) is 0 Å². The molecule has 0 aliphatic carbocycles. The first-order valence-electron chi connectivity index (χ1n) is 5.90. The van der Waals surface area contributed by atoms with Crippen LogP contribution in [0.4, 0.5) is 0 Å². The maximum absolute atomic E-state index is 4.50. The molecule has 96 valence electrons. The number of fused-ring (bicyclic) bond motifs is 1. The van der Waals surface area contributed by atoms with Crippen LogP contribution < -0.4 is 28.5 Å². The number of imidazole rings is 1. The van der Waals surface area contributed by atoms with Crippen LogP contribution in [0.1, 0.15) is 5.56 Å². The molecule has 19 heavy (non-hydrogen) atoms. The van der Waals surface area contributed by atoms with Crippen LogP contribution in [-0.2, 0) is 7.05 Å². The minimum absolute atomic E-state index is 0. The number of halogens is 1. The Morgan fingerprint density at radius 1 is 1.00 bits per heavy atom. The number of aromatic nitrogens is 2. The van der Waals surface area contributed by atoms with E-state index in [4.69, 9.17) is 0 Å². The molecule has 0 N–H and O–H groups in total. The Labute approximate surface area is 129 Å². The van der Waals surface area contributed by atoms with Crippen molar-refractivity contribution >= 4 is 17.2 Å². The van der Waals surface area contributed by atoms with Gasteiger partial charge in [0.2, 0.25) is 5.52 Å². The third-order valence-corrected chi connectivity index (χ3v) is 2.92. The van der Waals surface area contributed by atoms with Crippen LogP contribution in [0.2, 0.25) is 0 Å². The van der Waals surface area contributed by atoms with Crippen molar-refractivity contribution in [3.8, 4) is 0 Å². The molecule has 0 saturated carbocycles. The summed E-state index contributed by atoms with van der Waals surface area (Å²) in [5.41, 5.74) is 3.37. The summed E-state index contributed by atoms with van der Waals surface area (Å²) < 4.78 is 3.96. The first-order valence-corrected chi connectivity index (χ1v) is 5.90. The van der Waals surface area contributed by atoms with E-state index in [0.29, 0.717) is 0 Å². The van der Waals surface area contributed by atoms with Crippen molar-refractivity contribution in [2.24, 2.45) is 12.1 Å². The molecule has 3 rings (SSSR count). The zero-order valence-electron chi connectivity index (χ0n) is 10.6. The summed E-state index contributed by atoms with van der Waals surface area (Å²) in [5.74, 6) is 0. The Morgan fingerprint density at radius 3 is 2.47 bits per heavy atom. The largest absolute Gasteiger partial charge is 1.00 e. The van der Waals surface area contributed by atoms with Crippen LogP contribution >= 0.6 is 0 Å². The van der Waals surface area contributed by atoms with Crippen LogP contribution in [0.25, 0.3) is 11.0 Å². The molecular formula is C15H14IN3. The summed E-state index contributed by atoms with van der Waals surface area (Å²) >= 11 is 0. The van der Waals surface area contributed by atoms with Gasteiger partial charge in [-0.1, -0.05) is 52.2 Å². The van der Waals surface area contributed by atoms with Crippen LogP contribution in [0.15, 0.2) is 66.0 Å². The maximum Gasteiger partial charge on any atom is 0.270 e. The molecule has 1 aromatic heterocycles. The van der Waals surface area contributed by atoms with E-state index in [0.717, 1.165) is 11.1 Å². The second kappa shape index (κ2) is 5.97. The van der Waals surface area contributed by atoms with Gasteiger partial charge >= 0.3 is 0 Å². The molecule has 4 heteroatoms. The van der Waals surface area contributed by atoms with E-state index in [9.17, 15) is 0 Å². The normalized spacial score (nSPS) is 10.8. The number of hydrogen-bond donors (Lipinski definition) is 0. The molecule has 0 spiro atoms. The third kappa shape index (κ3) is 2.84. The second-order valence-corrected chi connectivity index (χ2v) is 4.21. The molecule has 0 bridgehead atoms. The Balaban J connectivity index is 0.00000133. The van der Waals surface area contributed by atoms with Gasteiger partial charge in [-0.15, -0.1) is 0 Å². The Hall–Kier alpha value is -1.69. The van der Waals surface area contributed by atoms with Crippen molar-refractivity contribution in [3.63, 3.8) is 0 Å². The van der Waals surface area contributed by atoms with Crippen molar-refractivity contribution in [3.05, 3.63) is 66.5 Å². The zero-order valence-corrected chi connectivity index (χ0v) is 12.7. The van der Waals surface area contributed by atoms with E-state index in [1.165, 1.54) is 5.52 Å². The van der Waals surface area contributed by atoms with E-state index >= 15 is 0 Å². The summed E-state index contributed by atoms with van der Waals surface area (Å²) in [4.78, 5) is 0. The highest BCUT2D eigenvalue weighted by atomic mass is 127. The monoisotopic (exact) mass is 363 g/mol. The van der Waals surface area contributed by atoms with E-state index in [1.807, 2.05) is 66.7 Å². The standard InChI is InChI=1S/C15H14N3.HI/c1-17-12-18(15-10-6-5-9-14(15)17)16-11-13-7-3-2-4-8-13;/h2-12H,1H3;1H/q+1;/p-1/b16-11+;. The molecule has 1 heterocycles. The average Bonchev–Trinajstić information content (AvgIpc) is 2.75. The number of hydrogen-bond acceptors (Lipinski definition) is 1. The van der Waals surface area contributed by atoms with Crippen molar-refractivity contribution < 1.29 is 28.5 Å². The lowest BCUT2D eigenvalue weighted by Gasteiger charge is -1.89. The Bertz CT molecular complexity index is 702. The van der Waals surface area contributed by atoms with Gasteiger partial charge < -0.3 is 24.0 Å². The fourth-order valence-electron chi connectivity index (χ4n) is 2.00. The third-order valence-electron chi connectivity index (χ3n) is 2.92. The van der Waals surface area contributed by atoms with Gasteiger partial charge in [0, 0.05) is 0 Å². The predicted molar refractivity (Wildman–Crippen MR) is 72.5 cm³/mol. The van der Waals surface area contributed by atoms with Gasteiger partial charge in [-0.25, -0.2) is 4.57 Å². The quantitative estimate of drug-likeness (QED) is 0.328. The van der Waals surface area contributed by atoms with Crippen molar-refractivity contribution in [2.75, 3.05) is 0 Å². The summed E-state index contributed by atoms with van der Waals surface area (Å²) in [7, 11) is 2.02. The number of rotatable bonds is 2. The highest BCUT2D eigenvalue weighted by molar-refractivity contribution is 5.80. The zero-order chi connectivity index (χ0) is 12.4. The van der Waals surface area contributed by atoms with Gasteiger partial charge in [0.15, 0.2) is 5.52 Å². The van der Waals surface area contributed by atoms with E-state index < -0.39 is 0 Å². The van der Waals surface area contributed by atoms with Crippen molar-refractivity contribution in [2.45, 2.75) is 0 Å². The first-order chi connectivity index (χ1) is 8.84. The maximum atomic E-state index is 4.50. The molecule has 0 saturated heterocycles. The van der Waals surface area contributed by atoms with Gasteiger partial charge in [-0.05, 0) is 17.7 Å². The molecule has 0 unspecified atom stereocenters. The molecule has 0 fully saturated rings. The lowest BCUT2D eigenvalue weighted by Crippen LogP contribution is -3.00. The van der Waals surface area contributed by atoms with E-state index in [1.54, 1.807) is 0 Å². The van der Waals surface area contributed by atoms with Gasteiger partial charge in [-0.3, -0.25) is 0 Å². The van der Waals surface area contributed by atoms with Gasteiger partial charge in [-0.2, -0.15) is 0 Å². The first kappa shape index (κ1) is 13.7. The number of benzene rings is 2. The SMILES string of the molecule is C[n+]1cn(/N=C/c2ccccc2)c2ccccc21.[I-]. The smallest absolute Gasteiger partial charge is 0.270 e. The van der Waals surface area contributed by atoms with Gasteiger partial charge in [0.05, 0.1) is 13.3 Å². The fraction of sp³-hybridized carbons (Fsp3) is 0.0667. The minimum Gasteiger partial charge on any atom is -1.00 e. The Kier molecular flexibility index (Phi) is 4.31. The van der Waals surface area contributed by atoms with Crippen LogP contribution in [0.3, 0.4) is 0 Å². The predicted octanol–water partition coefficient (Wildman–Crippen LogP) is -0.648. The topological polar surface area (TPSA) is 21.2 Å². The number of para-hydroxylation sites is 2. The molecule has 0 radical (unpaired) electrons. The molecule has 0 aliphatic heterocycles. The summed E-state index contributed by atoms with van der Waals surface area (Å²) in [6, 6.07) is 18.3. The molecular weight excluding hydrogens is 349 g/mol. The molecule has 0 aliphatic rings. The second-order valence-electron chi connectivity index (χ2n) is 4.21. The number of nitrogens with zero attached hydrogens (tertiary/aromatic N) is 3. The van der Waals surface area contributed by atoms with E-state index in [-0.39, 0.29) is 24.0 Å². The Morgan fingerprint density at radius 2 is 1.68 bits per heavy atom. The van der Waals surface area contributed by atoms with Crippen LogP contribution in [0.5, 0.6) is 0 Å². The molecule has 3 nitrogen and oxygen atoms in total. The molecule has 0 amide bonds. The molecule has 2 aromatic carbocycles. The highest BCUT2D eigenvalue weighted by Gasteiger charge is 2.10. The minimum atomic E-state index is 0. The summed E-state index contributed by atoms with van der Waals surface area (Å²) in [6.07, 6.45) is 3.84. The molecule has 0 atom stereocenters.